The van der Waals surface area contributed by atoms with Crippen LogP contribution in [0.4, 0.5) is 0 Å². The van der Waals surface area contributed by atoms with E-state index < -0.39 is 5.97 Å². The van der Waals surface area contributed by atoms with Crippen LogP contribution in [-0.2, 0) is 21.9 Å². The Morgan fingerprint density at radius 3 is 1.67 bits per heavy atom. The van der Waals surface area contributed by atoms with Gasteiger partial charge in [-0.1, -0.05) is 0 Å². The summed E-state index contributed by atoms with van der Waals surface area (Å²) in [6.45, 7) is 0.972. The summed E-state index contributed by atoms with van der Waals surface area (Å²) in [7, 11) is 0. The first-order valence-corrected chi connectivity index (χ1v) is 0.908. The van der Waals surface area contributed by atoms with Crippen LogP contribution in [0.5, 0.6) is 0 Å². The third kappa shape index (κ3) is 13500. The largest absolute Gasteiger partial charge is 2.00 e. The average Bonchev–Trinajstić information content (AvgIpc) is 0.811. The molecule has 0 fully saturated rings. The summed E-state index contributed by atoms with van der Waals surface area (Å²) >= 11 is 0. The van der Waals surface area contributed by atoms with Crippen molar-refractivity contribution in [1.82, 2.24) is 6.15 Å². The van der Waals surface area contributed by atoms with Gasteiger partial charge < -0.3 is 16.1 Å². The Morgan fingerprint density at radius 1 is 1.67 bits per heavy atom. The monoisotopic (exact) mass is 139 g/mol. The number of aliphatic carboxylic acids is 1. The number of carbonyl (C=O) groups excluding carboxylic acids is 1. The van der Waals surface area contributed by atoms with Crippen molar-refractivity contribution in [2.75, 3.05) is 0 Å². The van der Waals surface area contributed by atoms with Gasteiger partial charge in [0, 0.05) is 5.97 Å². The van der Waals surface area contributed by atoms with Crippen LogP contribution in [0.3, 0.4) is 0 Å². The van der Waals surface area contributed by atoms with E-state index in [2.05, 4.69) is 0 Å². The molecule has 0 aromatic carbocycles. The number of hydrogen-bond acceptors (Lipinski definition) is 3. The smallest absolute Gasteiger partial charge is 0.550 e. The van der Waals surface area contributed by atoms with Gasteiger partial charge in [-0.2, -0.15) is 0 Å². The summed E-state index contributed by atoms with van der Waals surface area (Å²) in [5.74, 6) is -1.08. The fourth-order valence-electron chi connectivity index (χ4n) is 0. The van der Waals surface area contributed by atoms with Gasteiger partial charge in [-0.15, -0.1) is 0 Å². The number of hydrogen-bond donors (Lipinski definition) is 1. The first-order valence-electron chi connectivity index (χ1n) is 0.908. The summed E-state index contributed by atoms with van der Waals surface area (Å²) < 4.78 is 0. The van der Waals surface area contributed by atoms with Gasteiger partial charge in [0.25, 0.3) is 0 Å². The summed E-state index contributed by atoms with van der Waals surface area (Å²) in [5, 5.41) is 8.89. The van der Waals surface area contributed by atoms with Crippen molar-refractivity contribution in [2.45, 2.75) is 6.92 Å². The second-order valence-electron chi connectivity index (χ2n) is 0.492. The van der Waals surface area contributed by atoms with Crippen molar-refractivity contribution in [2.24, 2.45) is 0 Å². The van der Waals surface area contributed by atoms with E-state index in [0.29, 0.717) is 0 Å². The summed E-state index contributed by atoms with van der Waals surface area (Å²) in [6, 6.07) is 0. The zero-order valence-corrected chi connectivity index (χ0v) is 4.27. The van der Waals surface area contributed by atoms with Crippen LogP contribution < -0.4 is 11.3 Å². The van der Waals surface area contributed by atoms with Crippen molar-refractivity contribution >= 4 is 5.97 Å². The maximum atomic E-state index is 8.89. The zero-order chi connectivity index (χ0) is 3.58. The molecule has 0 aliphatic carbocycles. The van der Waals surface area contributed by atoms with Crippen molar-refractivity contribution in [1.29, 1.82) is 0 Å². The second-order valence-corrected chi connectivity index (χ2v) is 0.492. The molecule has 0 atom stereocenters. The van der Waals surface area contributed by atoms with E-state index in [4.69, 9.17) is 9.90 Å². The SMILES string of the molecule is CC(=O)[O-].N.[Cu+2]. The van der Waals surface area contributed by atoms with Crippen molar-refractivity contribution in [3.05, 3.63) is 0 Å². The minimum absolute atomic E-state index is 0. The van der Waals surface area contributed by atoms with E-state index in [1.807, 2.05) is 0 Å². The Labute approximate surface area is 46.8 Å². The molecule has 0 saturated carbocycles. The molecule has 4 heteroatoms. The van der Waals surface area contributed by atoms with Gasteiger partial charge in [-0.05, 0) is 6.92 Å². The Hall–Kier alpha value is -0.0505. The van der Waals surface area contributed by atoms with Crippen LogP contribution in [0.1, 0.15) is 6.92 Å². The van der Waals surface area contributed by atoms with Gasteiger partial charge in [0.05, 0.1) is 0 Å². The third-order valence-electron chi connectivity index (χ3n) is 0. The first-order chi connectivity index (χ1) is 1.73. The molecule has 0 heterocycles. The molecular formula is C2H6CuNO2+. The minimum atomic E-state index is -1.08. The van der Waals surface area contributed by atoms with E-state index in [1.54, 1.807) is 0 Å². The van der Waals surface area contributed by atoms with Gasteiger partial charge in [0.1, 0.15) is 0 Å². The molecule has 0 saturated heterocycles. The fraction of sp³-hybridized carbons (Fsp3) is 0.500. The molecule has 0 aliphatic heterocycles. The molecule has 3 nitrogen and oxygen atoms in total. The Kier molecular flexibility index (Phi) is 24.8. The van der Waals surface area contributed by atoms with Crippen molar-refractivity contribution < 1.29 is 27.0 Å². The maximum Gasteiger partial charge on any atom is 2.00 e. The molecular weight excluding hydrogens is 134 g/mol. The molecule has 0 aromatic rings. The van der Waals surface area contributed by atoms with E-state index in [-0.39, 0.29) is 23.2 Å². The van der Waals surface area contributed by atoms with Crippen LogP contribution in [0.2, 0.25) is 0 Å². The van der Waals surface area contributed by atoms with Gasteiger partial charge in [-0.3, -0.25) is 0 Å². The molecule has 6 heavy (non-hydrogen) atoms. The summed E-state index contributed by atoms with van der Waals surface area (Å²) in [4.78, 5) is 8.89. The Morgan fingerprint density at radius 2 is 1.67 bits per heavy atom. The normalized spacial score (nSPS) is 4.17. The van der Waals surface area contributed by atoms with Crippen LogP contribution in [0, 0.1) is 0 Å². The van der Waals surface area contributed by atoms with Crippen LogP contribution >= 0.6 is 0 Å². The fourth-order valence-corrected chi connectivity index (χ4v) is 0. The van der Waals surface area contributed by atoms with Crippen molar-refractivity contribution in [3.8, 4) is 0 Å². The molecule has 0 amide bonds. The molecule has 1 radical (unpaired) electrons. The summed E-state index contributed by atoms with van der Waals surface area (Å²) in [5.41, 5.74) is 0. The van der Waals surface area contributed by atoms with Crippen molar-refractivity contribution in [3.63, 3.8) is 0 Å². The van der Waals surface area contributed by atoms with Crippen LogP contribution in [0.25, 0.3) is 0 Å². The quantitative estimate of drug-likeness (QED) is 0.434. The molecule has 0 aliphatic rings. The molecule has 0 aromatic heterocycles. The number of carboxylic acids is 1. The maximum absolute atomic E-state index is 8.89. The van der Waals surface area contributed by atoms with Gasteiger partial charge in [-0.25, -0.2) is 0 Å². The number of carbonyl (C=O) groups is 1. The topological polar surface area (TPSA) is 75.1 Å². The first kappa shape index (κ1) is 16.8. The van der Waals surface area contributed by atoms with Crippen LogP contribution in [0.15, 0.2) is 0 Å². The Balaban J connectivity index is -0.0000000450. The number of rotatable bonds is 0. The van der Waals surface area contributed by atoms with Gasteiger partial charge >= 0.3 is 17.1 Å². The number of carboxylic acid groups (broad SMARTS) is 1. The second kappa shape index (κ2) is 8.87. The molecule has 0 spiro atoms. The van der Waals surface area contributed by atoms with E-state index in [0.717, 1.165) is 6.92 Å². The molecule has 0 bridgehead atoms. The van der Waals surface area contributed by atoms with Crippen LogP contribution in [-0.4, -0.2) is 5.97 Å². The third-order valence-corrected chi connectivity index (χ3v) is 0. The average molecular weight is 140 g/mol. The predicted molar refractivity (Wildman–Crippen MR) is 15.7 cm³/mol. The molecule has 0 unspecified atom stereocenters. The molecule has 41 valence electrons. The predicted octanol–water partition coefficient (Wildman–Crippen LogP) is -1.08. The molecule has 3 N–H and O–H groups in total. The minimum Gasteiger partial charge on any atom is -0.550 e. The van der Waals surface area contributed by atoms with E-state index >= 15 is 0 Å². The molecule has 0 rings (SSSR count). The summed E-state index contributed by atoms with van der Waals surface area (Å²) in [6.07, 6.45) is 0. The van der Waals surface area contributed by atoms with Gasteiger partial charge in [0.2, 0.25) is 0 Å². The zero-order valence-electron chi connectivity index (χ0n) is 3.33. The Bertz CT molecular complexity index is 34.5. The van der Waals surface area contributed by atoms with Gasteiger partial charge in [0.15, 0.2) is 0 Å². The van der Waals surface area contributed by atoms with E-state index in [9.17, 15) is 0 Å². The standard InChI is InChI=1S/C2H4O2.Cu.H3N/c1-2(3)4;;/h1H3,(H,3,4);;1H3/q;+2;/p-1. The van der Waals surface area contributed by atoms with E-state index in [1.165, 1.54) is 0 Å².